The number of rotatable bonds is 35. The van der Waals surface area contributed by atoms with E-state index < -0.39 is 36.8 Å². The van der Waals surface area contributed by atoms with Crippen molar-refractivity contribution < 1.29 is 0 Å². The van der Waals surface area contributed by atoms with E-state index in [0.717, 1.165) is 0 Å². The van der Waals surface area contributed by atoms with Crippen molar-refractivity contribution in [3.63, 3.8) is 0 Å². The third kappa shape index (κ3) is 16.8. The van der Waals surface area contributed by atoms with E-state index in [-0.39, 0.29) is 0 Å². The summed E-state index contributed by atoms with van der Waals surface area (Å²) in [7, 11) is 0. The van der Waals surface area contributed by atoms with Crippen LogP contribution >= 0.6 is 22.7 Å². The number of aryl methyl sites for hydroxylation is 2. The van der Waals surface area contributed by atoms with Crippen LogP contribution in [0.5, 0.6) is 0 Å². The molecular formula is C48H90S2Sn2. The maximum atomic E-state index is 2.84. The average molecular weight is 969 g/mol. The molecule has 0 fully saturated rings. The zero-order chi connectivity index (χ0) is 37.9. The molecule has 0 N–H and O–H groups in total. The first kappa shape index (κ1) is 49.1. The molecule has 2 rings (SSSR count). The summed E-state index contributed by atoms with van der Waals surface area (Å²) in [5.41, 5.74) is 3.72. The van der Waals surface area contributed by atoms with Crippen LogP contribution in [0.1, 0.15) is 221 Å². The molecule has 0 spiro atoms. The molecule has 0 radical (unpaired) electrons. The van der Waals surface area contributed by atoms with E-state index in [1.54, 1.807) is 36.4 Å². The van der Waals surface area contributed by atoms with Crippen LogP contribution in [0.2, 0.25) is 26.6 Å². The van der Waals surface area contributed by atoms with Crippen molar-refractivity contribution in [2.24, 2.45) is 0 Å². The molecule has 0 saturated heterocycles. The Hall–Kier alpha value is 0.997. The number of hydrogen-bond acceptors (Lipinski definition) is 2. The van der Waals surface area contributed by atoms with Crippen molar-refractivity contribution in [3.8, 4) is 9.75 Å². The topological polar surface area (TPSA) is 0 Å². The molecule has 0 saturated carbocycles. The Balaban J connectivity index is 2.74. The van der Waals surface area contributed by atoms with Crippen LogP contribution in [-0.2, 0) is 12.8 Å². The van der Waals surface area contributed by atoms with Gasteiger partial charge in [0.2, 0.25) is 0 Å². The Labute approximate surface area is 344 Å². The monoisotopic (exact) mass is 970 g/mol. The third-order valence-corrected chi connectivity index (χ3v) is 52.0. The van der Waals surface area contributed by atoms with Crippen LogP contribution in [0.4, 0.5) is 0 Å². The van der Waals surface area contributed by atoms with E-state index in [9.17, 15) is 0 Å². The Morgan fingerprint density at radius 2 is 0.577 bits per heavy atom. The summed E-state index contributed by atoms with van der Waals surface area (Å²) in [4.78, 5) is 3.42. The van der Waals surface area contributed by atoms with Crippen LogP contribution in [-0.4, -0.2) is 36.8 Å². The van der Waals surface area contributed by atoms with Gasteiger partial charge in [0.05, 0.1) is 0 Å². The molecule has 0 unspecified atom stereocenters. The zero-order valence-corrected chi connectivity index (χ0v) is 43.9. The van der Waals surface area contributed by atoms with Gasteiger partial charge in [0.25, 0.3) is 0 Å². The van der Waals surface area contributed by atoms with Crippen LogP contribution in [0, 0.1) is 0 Å². The van der Waals surface area contributed by atoms with Crippen LogP contribution in [0.25, 0.3) is 9.75 Å². The summed E-state index contributed by atoms with van der Waals surface area (Å²) in [5, 5.41) is 0. The fourth-order valence-electron chi connectivity index (χ4n) is 9.08. The van der Waals surface area contributed by atoms with Crippen molar-refractivity contribution >= 4 is 65.2 Å². The summed E-state index contributed by atoms with van der Waals surface area (Å²) >= 11 is -0.353. The van der Waals surface area contributed by atoms with Crippen molar-refractivity contribution in [1.82, 2.24) is 0 Å². The van der Waals surface area contributed by atoms with Crippen molar-refractivity contribution in [3.05, 3.63) is 23.3 Å². The quantitative estimate of drug-likeness (QED) is 0.0477. The van der Waals surface area contributed by atoms with Gasteiger partial charge in [-0.3, -0.25) is 0 Å². The Kier molecular flexibility index (Phi) is 28.5. The minimum absolute atomic E-state index is 1.35. The van der Waals surface area contributed by atoms with Gasteiger partial charge < -0.3 is 0 Å². The second-order valence-electron chi connectivity index (χ2n) is 17.1. The first-order valence-corrected chi connectivity index (χ1v) is 40.3. The first-order chi connectivity index (χ1) is 25.4. The summed E-state index contributed by atoms with van der Waals surface area (Å²) in [6, 6.07) is 5.68. The van der Waals surface area contributed by atoms with E-state index in [1.807, 2.05) is 11.1 Å². The third-order valence-electron chi connectivity index (χ3n) is 12.5. The van der Waals surface area contributed by atoms with Gasteiger partial charge in [-0.25, -0.2) is 0 Å². The predicted molar refractivity (Wildman–Crippen MR) is 251 cm³/mol. The molecule has 302 valence electrons. The summed E-state index contributed by atoms with van der Waals surface area (Å²) in [5.74, 6) is 0. The van der Waals surface area contributed by atoms with Gasteiger partial charge in [-0.1, -0.05) is 0 Å². The van der Waals surface area contributed by atoms with Crippen LogP contribution in [0.15, 0.2) is 12.1 Å². The molecule has 2 aromatic rings. The molecule has 0 aliphatic heterocycles. The molecule has 0 aliphatic rings. The van der Waals surface area contributed by atoms with E-state index in [0.29, 0.717) is 0 Å². The van der Waals surface area contributed by atoms with E-state index in [2.05, 4.69) is 96.0 Å². The van der Waals surface area contributed by atoms with E-state index in [4.69, 9.17) is 0 Å². The molecule has 0 bridgehead atoms. The van der Waals surface area contributed by atoms with Gasteiger partial charge >= 0.3 is 347 Å². The fourth-order valence-corrected chi connectivity index (χ4v) is 52.0. The molecular weight excluding hydrogens is 878 g/mol. The molecule has 4 heteroatoms. The summed E-state index contributed by atoms with van der Waals surface area (Å²) < 4.78 is 13.8. The maximum absolute atomic E-state index is 2.84. The SMILES string of the molecule is CCCCCCCCc1cc(-c2cc(CCCCCCCC)[c]([Sn]([CH2]CCC)([CH2]CCC)[CH2]CCC)s2)s[c]1[Sn]([CH2]CCC)([CH2]CCC)[CH2]CCC. The summed E-state index contributed by atoms with van der Waals surface area (Å²) in [6.45, 7) is 19.5. The average Bonchev–Trinajstić information content (AvgIpc) is 3.80. The second-order valence-corrected chi connectivity index (χ2v) is 47.4. The van der Waals surface area contributed by atoms with E-state index in [1.165, 1.54) is 167 Å². The van der Waals surface area contributed by atoms with Crippen LogP contribution < -0.4 is 5.79 Å². The second kappa shape index (κ2) is 30.1. The standard InChI is InChI=1S/C24H36S2.6C4H9.2Sn/c1-3-5-7-9-11-13-15-21-17-23(25-19-21)24-18-22(20-26-24)16-14-12-10-8-6-4-2;6*1-3-4-2;;/h17-18H,3-16H2,1-2H3;6*1,3-4H2,2H3;;. The minimum atomic E-state index is -2.57. The molecule has 0 aliphatic carbocycles. The number of thiophene rings is 2. The zero-order valence-electron chi connectivity index (χ0n) is 36.6. The number of unbranched alkanes of at least 4 members (excludes halogenated alkanes) is 16. The van der Waals surface area contributed by atoms with Gasteiger partial charge in [0.15, 0.2) is 0 Å². The molecule has 0 aromatic carbocycles. The van der Waals surface area contributed by atoms with E-state index >= 15 is 0 Å². The van der Waals surface area contributed by atoms with Gasteiger partial charge in [-0.15, -0.1) is 0 Å². The predicted octanol–water partition coefficient (Wildman–Crippen LogP) is 17.4. The molecule has 52 heavy (non-hydrogen) atoms. The van der Waals surface area contributed by atoms with Gasteiger partial charge in [0, 0.05) is 0 Å². The molecule has 2 heterocycles. The van der Waals surface area contributed by atoms with Gasteiger partial charge in [0.1, 0.15) is 0 Å². The van der Waals surface area contributed by atoms with Crippen molar-refractivity contribution in [1.29, 1.82) is 0 Å². The van der Waals surface area contributed by atoms with Gasteiger partial charge in [-0.05, 0) is 0 Å². The Morgan fingerprint density at radius 3 is 0.846 bits per heavy atom. The number of hydrogen-bond donors (Lipinski definition) is 0. The first-order valence-electron chi connectivity index (χ1n) is 23.7. The van der Waals surface area contributed by atoms with Crippen molar-refractivity contribution in [2.75, 3.05) is 0 Å². The van der Waals surface area contributed by atoms with Crippen molar-refractivity contribution in [2.45, 2.75) is 249 Å². The normalized spacial score (nSPS) is 12.4. The molecule has 2 aromatic heterocycles. The summed E-state index contributed by atoms with van der Waals surface area (Å²) in [6.07, 6.45) is 36.8. The fraction of sp³-hybridized carbons (Fsp3) is 0.833. The molecule has 0 atom stereocenters. The Bertz CT molecular complexity index is 998. The van der Waals surface area contributed by atoms with Gasteiger partial charge in [-0.2, -0.15) is 0 Å². The van der Waals surface area contributed by atoms with Crippen LogP contribution in [0.3, 0.4) is 0 Å². The molecule has 0 amide bonds. The Morgan fingerprint density at radius 1 is 0.327 bits per heavy atom. The molecule has 0 nitrogen and oxygen atoms in total.